The van der Waals surface area contributed by atoms with Crippen LogP contribution in [-0.4, -0.2) is 12.9 Å². The Labute approximate surface area is 237 Å². The molecule has 3 aromatic carbocycles. The number of benzene rings is 3. The number of nitrogens with zero attached hydrogens (tertiary/aromatic N) is 2. The number of halogens is 1. The number of anilines is 1. The number of nitrogens with two attached hydrogens (primary N) is 1. The largest absolute Gasteiger partial charge is 0.497 e. The van der Waals surface area contributed by atoms with Gasteiger partial charge in [-0.2, -0.15) is 5.26 Å². The van der Waals surface area contributed by atoms with Crippen molar-refractivity contribution in [3.63, 3.8) is 0 Å². The molecule has 7 heteroatoms. The van der Waals surface area contributed by atoms with Gasteiger partial charge in [0.25, 0.3) is 0 Å². The highest BCUT2D eigenvalue weighted by molar-refractivity contribution is 9.10. The molecule has 1 heterocycles. The van der Waals surface area contributed by atoms with Gasteiger partial charge >= 0.3 is 0 Å². The summed E-state index contributed by atoms with van der Waals surface area (Å²) in [6, 6.07) is 21.8. The molecule has 0 saturated carbocycles. The first-order valence-corrected chi connectivity index (χ1v) is 13.7. The summed E-state index contributed by atoms with van der Waals surface area (Å²) in [4.78, 5) is 15.5. The first kappa shape index (κ1) is 26.6. The Balaban J connectivity index is 1.60. The lowest BCUT2D eigenvalue weighted by Gasteiger charge is -2.40. The SMILES string of the molecule is COc1ccc(OCc2cc(C)cc(C3C(C#N)=C(N)N(c4cccc(Br)c4)C4=C3C(=O)CCC4)c2C)cc1. The number of methoxy groups -OCH3 is 1. The summed E-state index contributed by atoms with van der Waals surface area (Å²) in [7, 11) is 1.63. The molecule has 2 aliphatic rings. The number of aryl methyl sites for hydroxylation is 1. The minimum absolute atomic E-state index is 0.0680. The molecule has 39 heavy (non-hydrogen) atoms. The van der Waals surface area contributed by atoms with E-state index in [1.165, 1.54) is 0 Å². The molecule has 5 rings (SSSR count). The second kappa shape index (κ2) is 11.0. The van der Waals surface area contributed by atoms with Crippen LogP contribution in [0.3, 0.4) is 0 Å². The van der Waals surface area contributed by atoms with E-state index in [0.29, 0.717) is 36.4 Å². The number of Topliss-reactive ketones (excluding diaryl/α,β-unsaturated/α-hetero) is 1. The molecule has 6 nitrogen and oxygen atoms in total. The first-order valence-electron chi connectivity index (χ1n) is 12.9. The molecule has 1 atom stereocenters. The fourth-order valence-electron chi connectivity index (χ4n) is 5.55. The van der Waals surface area contributed by atoms with Crippen LogP contribution in [0, 0.1) is 25.2 Å². The predicted octanol–water partition coefficient (Wildman–Crippen LogP) is 6.96. The molecule has 0 aromatic heterocycles. The third-order valence-corrected chi connectivity index (χ3v) is 7.94. The average molecular weight is 585 g/mol. The van der Waals surface area contributed by atoms with Crippen molar-refractivity contribution in [2.45, 2.75) is 45.6 Å². The monoisotopic (exact) mass is 583 g/mol. The maximum absolute atomic E-state index is 13.6. The quantitative estimate of drug-likeness (QED) is 0.337. The number of hydrogen-bond donors (Lipinski definition) is 1. The fourth-order valence-corrected chi connectivity index (χ4v) is 5.94. The minimum Gasteiger partial charge on any atom is -0.497 e. The second-order valence-corrected chi connectivity index (χ2v) is 10.8. The summed E-state index contributed by atoms with van der Waals surface area (Å²) in [5.41, 5.74) is 13.5. The number of carbonyl (C=O) groups is 1. The van der Waals surface area contributed by atoms with Gasteiger partial charge < -0.3 is 15.2 Å². The molecule has 0 radical (unpaired) electrons. The number of rotatable bonds is 6. The van der Waals surface area contributed by atoms with E-state index in [4.69, 9.17) is 15.2 Å². The van der Waals surface area contributed by atoms with E-state index in [9.17, 15) is 10.1 Å². The molecule has 198 valence electrons. The number of carbonyl (C=O) groups excluding carboxylic acids is 1. The summed E-state index contributed by atoms with van der Waals surface area (Å²) >= 11 is 3.54. The van der Waals surface area contributed by atoms with Gasteiger partial charge in [0.15, 0.2) is 5.78 Å². The van der Waals surface area contributed by atoms with Gasteiger partial charge in [0.05, 0.1) is 24.7 Å². The summed E-state index contributed by atoms with van der Waals surface area (Å²) in [5.74, 6) is 1.40. The molecule has 3 aromatic rings. The zero-order chi connectivity index (χ0) is 27.7. The Hall–Kier alpha value is -4.02. The normalized spacial score (nSPS) is 17.2. The standard InChI is InChI=1S/C32H30BrN3O3/c1-19-14-21(18-39-25-12-10-24(38-3)11-13-25)20(2)26(15-19)30-27(17-34)32(35)36(23-7-4-6-22(33)16-23)28-8-5-9-29(37)31(28)30/h4,6-7,10-16,30H,5,8-9,18,35H2,1-3H3. The van der Waals surface area contributed by atoms with E-state index in [0.717, 1.165) is 56.0 Å². The van der Waals surface area contributed by atoms with Crippen LogP contribution >= 0.6 is 15.9 Å². The highest BCUT2D eigenvalue weighted by Crippen LogP contribution is 2.47. The van der Waals surface area contributed by atoms with Gasteiger partial charge in [-0.25, -0.2) is 0 Å². The van der Waals surface area contributed by atoms with Crippen molar-refractivity contribution in [2.75, 3.05) is 12.0 Å². The topological polar surface area (TPSA) is 88.6 Å². The average Bonchev–Trinajstić information content (AvgIpc) is 2.93. The van der Waals surface area contributed by atoms with E-state index < -0.39 is 5.92 Å². The predicted molar refractivity (Wildman–Crippen MR) is 155 cm³/mol. The fraction of sp³-hybridized carbons (Fsp3) is 0.250. The van der Waals surface area contributed by atoms with Crippen molar-refractivity contribution in [1.29, 1.82) is 5.26 Å². The van der Waals surface area contributed by atoms with Crippen LogP contribution in [0.4, 0.5) is 5.69 Å². The van der Waals surface area contributed by atoms with E-state index in [1.54, 1.807) is 7.11 Å². The van der Waals surface area contributed by atoms with Crippen molar-refractivity contribution in [2.24, 2.45) is 5.73 Å². The minimum atomic E-state index is -0.527. The van der Waals surface area contributed by atoms with Crippen LogP contribution in [0.1, 0.15) is 47.4 Å². The number of ketones is 1. The van der Waals surface area contributed by atoms with Gasteiger partial charge in [-0.15, -0.1) is 0 Å². The maximum Gasteiger partial charge on any atom is 0.161 e. The number of allylic oxidation sites excluding steroid dienone is 3. The van der Waals surface area contributed by atoms with Gasteiger partial charge in [0.1, 0.15) is 23.9 Å². The highest BCUT2D eigenvalue weighted by atomic mass is 79.9. The maximum atomic E-state index is 13.6. The van der Waals surface area contributed by atoms with E-state index in [-0.39, 0.29) is 5.78 Å². The smallest absolute Gasteiger partial charge is 0.161 e. The van der Waals surface area contributed by atoms with E-state index >= 15 is 0 Å². The molecule has 0 bridgehead atoms. The number of ether oxygens (including phenoxy) is 2. The molecule has 0 saturated heterocycles. The zero-order valence-electron chi connectivity index (χ0n) is 22.3. The van der Waals surface area contributed by atoms with Crippen molar-refractivity contribution in [3.8, 4) is 17.6 Å². The summed E-state index contributed by atoms with van der Waals surface area (Å²) in [6.07, 6.45) is 1.91. The molecular formula is C32H30BrN3O3. The van der Waals surface area contributed by atoms with Crippen LogP contribution in [0.25, 0.3) is 0 Å². The first-order chi connectivity index (χ1) is 18.8. The third-order valence-electron chi connectivity index (χ3n) is 7.44. The molecule has 0 spiro atoms. The van der Waals surface area contributed by atoms with Crippen molar-refractivity contribution in [3.05, 3.63) is 110 Å². The Morgan fingerprint density at radius 3 is 2.51 bits per heavy atom. The van der Waals surface area contributed by atoms with Crippen molar-refractivity contribution < 1.29 is 14.3 Å². The van der Waals surface area contributed by atoms with Crippen LogP contribution < -0.4 is 20.1 Å². The molecule has 0 fully saturated rings. The summed E-state index contributed by atoms with van der Waals surface area (Å²) < 4.78 is 12.2. The lowest BCUT2D eigenvalue weighted by Crippen LogP contribution is -2.39. The van der Waals surface area contributed by atoms with Crippen LogP contribution in [0.15, 0.2) is 87.8 Å². The zero-order valence-corrected chi connectivity index (χ0v) is 23.8. The van der Waals surface area contributed by atoms with E-state index in [2.05, 4.69) is 34.1 Å². The Morgan fingerprint density at radius 2 is 1.82 bits per heavy atom. The van der Waals surface area contributed by atoms with Gasteiger partial charge in [-0.05, 0) is 85.8 Å². The third kappa shape index (κ3) is 5.05. The lowest BCUT2D eigenvalue weighted by atomic mass is 9.73. The highest BCUT2D eigenvalue weighted by Gasteiger charge is 2.41. The van der Waals surface area contributed by atoms with Gasteiger partial charge in [-0.1, -0.05) is 39.7 Å². The Kier molecular flexibility index (Phi) is 7.49. The molecule has 1 unspecified atom stereocenters. The Morgan fingerprint density at radius 1 is 1.08 bits per heavy atom. The molecule has 1 aliphatic carbocycles. The molecule has 2 N–H and O–H groups in total. The summed E-state index contributed by atoms with van der Waals surface area (Å²) in [6.45, 7) is 4.40. The number of nitriles is 1. The number of hydrogen-bond acceptors (Lipinski definition) is 6. The van der Waals surface area contributed by atoms with Gasteiger partial charge in [0, 0.05) is 27.9 Å². The molecular weight excluding hydrogens is 554 g/mol. The Bertz CT molecular complexity index is 1550. The molecule has 0 amide bonds. The van der Waals surface area contributed by atoms with Crippen molar-refractivity contribution >= 4 is 27.4 Å². The van der Waals surface area contributed by atoms with Crippen LogP contribution in [-0.2, 0) is 11.4 Å². The van der Waals surface area contributed by atoms with Crippen LogP contribution in [0.5, 0.6) is 11.5 Å². The van der Waals surface area contributed by atoms with Crippen LogP contribution in [0.2, 0.25) is 0 Å². The van der Waals surface area contributed by atoms with Gasteiger partial charge in [-0.3, -0.25) is 9.69 Å². The van der Waals surface area contributed by atoms with Gasteiger partial charge in [0.2, 0.25) is 0 Å². The summed E-state index contributed by atoms with van der Waals surface area (Å²) in [5, 5.41) is 10.4. The van der Waals surface area contributed by atoms with Crippen molar-refractivity contribution in [1.82, 2.24) is 0 Å². The second-order valence-electron chi connectivity index (χ2n) is 9.90. The van der Waals surface area contributed by atoms with E-state index in [1.807, 2.05) is 67.3 Å². The lowest BCUT2D eigenvalue weighted by molar-refractivity contribution is -0.116. The molecule has 1 aliphatic heterocycles.